The van der Waals surface area contributed by atoms with Crippen molar-refractivity contribution in [2.75, 3.05) is 25.1 Å². The fourth-order valence-corrected chi connectivity index (χ4v) is 1.56. The van der Waals surface area contributed by atoms with Crippen molar-refractivity contribution < 1.29 is 5.21 Å². The largest absolute Gasteiger partial charge is 0.409 e. The lowest BCUT2D eigenvalue weighted by Crippen LogP contribution is -2.23. The molecule has 0 spiro atoms. The van der Waals surface area contributed by atoms with Crippen LogP contribution in [-0.4, -0.2) is 36.1 Å². The number of oxime groups is 1. The molecule has 0 aliphatic carbocycles. The molecule has 0 aromatic heterocycles. The minimum absolute atomic E-state index is 0.292. The molecule has 0 saturated carbocycles. The van der Waals surface area contributed by atoms with Gasteiger partial charge in [0.15, 0.2) is 0 Å². The second kappa shape index (κ2) is 10.7. The molecular formula is C9H21N3OS. The van der Waals surface area contributed by atoms with Gasteiger partial charge in [0.25, 0.3) is 0 Å². The Morgan fingerprint density at radius 1 is 1.36 bits per heavy atom. The van der Waals surface area contributed by atoms with E-state index < -0.39 is 0 Å². The summed E-state index contributed by atoms with van der Waals surface area (Å²) in [6.45, 7) is 1.81. The van der Waals surface area contributed by atoms with Crippen molar-refractivity contribution in [3.63, 3.8) is 0 Å². The maximum atomic E-state index is 8.27. The van der Waals surface area contributed by atoms with Crippen molar-refractivity contribution in [2.45, 2.75) is 25.7 Å². The van der Waals surface area contributed by atoms with Gasteiger partial charge in [-0.25, -0.2) is 0 Å². The summed E-state index contributed by atoms with van der Waals surface area (Å²) in [4.78, 5) is 0. The minimum atomic E-state index is 0.292. The van der Waals surface area contributed by atoms with Crippen LogP contribution in [0.4, 0.5) is 0 Å². The van der Waals surface area contributed by atoms with Gasteiger partial charge in [0.1, 0.15) is 5.84 Å². The van der Waals surface area contributed by atoms with Gasteiger partial charge in [-0.3, -0.25) is 0 Å². The van der Waals surface area contributed by atoms with Crippen molar-refractivity contribution in [2.24, 2.45) is 10.9 Å². The Morgan fingerprint density at radius 3 is 2.79 bits per heavy atom. The van der Waals surface area contributed by atoms with Crippen molar-refractivity contribution >= 4 is 17.6 Å². The van der Waals surface area contributed by atoms with Gasteiger partial charge in [-0.2, -0.15) is 11.8 Å². The predicted molar refractivity (Wildman–Crippen MR) is 63.1 cm³/mol. The summed E-state index contributed by atoms with van der Waals surface area (Å²) in [6.07, 6.45) is 6.52. The number of hydrogen-bond donors (Lipinski definition) is 3. The van der Waals surface area contributed by atoms with Crippen molar-refractivity contribution in [1.29, 1.82) is 0 Å². The van der Waals surface area contributed by atoms with E-state index in [0.717, 1.165) is 13.1 Å². The Morgan fingerprint density at radius 2 is 2.14 bits per heavy atom. The number of nitrogens with one attached hydrogen (secondary N) is 1. The van der Waals surface area contributed by atoms with Gasteiger partial charge in [-0.05, 0) is 31.4 Å². The number of rotatable bonds is 9. The molecule has 0 fully saturated rings. The van der Waals surface area contributed by atoms with Gasteiger partial charge in [0.05, 0.1) is 0 Å². The molecular weight excluding hydrogens is 198 g/mol. The summed E-state index contributed by atoms with van der Waals surface area (Å²) < 4.78 is 0. The normalized spacial score (nSPS) is 11.9. The molecule has 4 N–H and O–H groups in total. The van der Waals surface area contributed by atoms with E-state index in [4.69, 9.17) is 10.9 Å². The minimum Gasteiger partial charge on any atom is -0.409 e. The number of nitrogens with zero attached hydrogens (tertiary/aromatic N) is 1. The number of hydrogen-bond acceptors (Lipinski definition) is 4. The first-order valence-electron chi connectivity index (χ1n) is 4.97. The summed E-state index contributed by atoms with van der Waals surface area (Å²) in [5.41, 5.74) is 5.31. The van der Waals surface area contributed by atoms with Crippen LogP contribution in [0.2, 0.25) is 0 Å². The van der Waals surface area contributed by atoms with E-state index in [1.54, 1.807) is 0 Å². The molecule has 0 atom stereocenters. The Hall–Kier alpha value is -0.420. The van der Waals surface area contributed by atoms with E-state index in [9.17, 15) is 0 Å². The van der Waals surface area contributed by atoms with Gasteiger partial charge in [0.2, 0.25) is 0 Å². The van der Waals surface area contributed by atoms with Crippen LogP contribution >= 0.6 is 11.8 Å². The van der Waals surface area contributed by atoms with Crippen molar-refractivity contribution in [3.8, 4) is 0 Å². The first-order valence-corrected chi connectivity index (χ1v) is 6.36. The van der Waals surface area contributed by atoms with Gasteiger partial charge < -0.3 is 16.3 Å². The first-order chi connectivity index (χ1) is 6.81. The number of nitrogens with two attached hydrogens (primary N) is 1. The van der Waals surface area contributed by atoms with Crippen molar-refractivity contribution in [1.82, 2.24) is 5.32 Å². The number of amidine groups is 1. The standard InChI is InChI=1S/C9H21N3OS/c1-14-8-4-2-3-6-11-7-5-9(10)12-13/h11,13H,2-8H2,1H3,(H2,10,12). The SMILES string of the molecule is CSCCCCCNCCC(N)=NO. The van der Waals surface area contributed by atoms with Crippen LogP contribution in [-0.2, 0) is 0 Å². The highest BCUT2D eigenvalue weighted by molar-refractivity contribution is 7.98. The second-order valence-electron chi connectivity index (χ2n) is 3.14. The predicted octanol–water partition coefficient (Wildman–Crippen LogP) is 1.25. The average Bonchev–Trinajstić information content (AvgIpc) is 2.21. The molecule has 0 aromatic rings. The Labute approximate surface area is 90.3 Å². The summed E-state index contributed by atoms with van der Waals surface area (Å²) in [5, 5.41) is 14.4. The summed E-state index contributed by atoms with van der Waals surface area (Å²) in [5.74, 6) is 1.55. The van der Waals surface area contributed by atoms with Gasteiger partial charge in [0, 0.05) is 13.0 Å². The molecule has 0 unspecified atom stereocenters. The topological polar surface area (TPSA) is 70.6 Å². The van der Waals surface area contributed by atoms with E-state index in [0.29, 0.717) is 12.3 Å². The lowest BCUT2D eigenvalue weighted by atomic mass is 10.2. The molecule has 84 valence electrons. The lowest BCUT2D eigenvalue weighted by molar-refractivity contribution is 0.316. The maximum absolute atomic E-state index is 8.27. The third-order valence-corrected chi connectivity index (χ3v) is 2.59. The molecule has 14 heavy (non-hydrogen) atoms. The van der Waals surface area contributed by atoms with E-state index in [2.05, 4.69) is 16.7 Å². The Bertz CT molecular complexity index is 153. The molecule has 0 heterocycles. The van der Waals surface area contributed by atoms with Crippen LogP contribution in [0.1, 0.15) is 25.7 Å². The highest BCUT2D eigenvalue weighted by Gasteiger charge is 1.92. The molecule has 5 heteroatoms. The smallest absolute Gasteiger partial charge is 0.140 e. The first kappa shape index (κ1) is 13.6. The van der Waals surface area contributed by atoms with Crippen LogP contribution in [0, 0.1) is 0 Å². The Kier molecular flexibility index (Phi) is 10.3. The summed E-state index contributed by atoms with van der Waals surface area (Å²) in [6, 6.07) is 0. The summed E-state index contributed by atoms with van der Waals surface area (Å²) in [7, 11) is 0. The molecule has 4 nitrogen and oxygen atoms in total. The number of unbranched alkanes of at least 4 members (excludes halogenated alkanes) is 2. The number of thioether (sulfide) groups is 1. The zero-order valence-electron chi connectivity index (χ0n) is 8.83. The van der Waals surface area contributed by atoms with Crippen LogP contribution in [0.15, 0.2) is 5.16 Å². The van der Waals surface area contributed by atoms with Crippen LogP contribution in [0.5, 0.6) is 0 Å². The summed E-state index contributed by atoms with van der Waals surface area (Å²) >= 11 is 1.90. The Balaban J connectivity index is 2.99. The van der Waals surface area contributed by atoms with Gasteiger partial charge in [-0.15, -0.1) is 0 Å². The zero-order valence-corrected chi connectivity index (χ0v) is 9.65. The monoisotopic (exact) mass is 219 g/mol. The maximum Gasteiger partial charge on any atom is 0.140 e. The molecule has 0 aliphatic heterocycles. The van der Waals surface area contributed by atoms with E-state index >= 15 is 0 Å². The van der Waals surface area contributed by atoms with E-state index in [-0.39, 0.29) is 0 Å². The van der Waals surface area contributed by atoms with Crippen molar-refractivity contribution in [3.05, 3.63) is 0 Å². The lowest BCUT2D eigenvalue weighted by Gasteiger charge is -2.03. The fraction of sp³-hybridized carbons (Fsp3) is 0.889. The third kappa shape index (κ3) is 9.67. The van der Waals surface area contributed by atoms with E-state index in [1.165, 1.54) is 25.0 Å². The highest BCUT2D eigenvalue weighted by Crippen LogP contribution is 2.00. The quantitative estimate of drug-likeness (QED) is 0.179. The molecule has 0 aromatic carbocycles. The van der Waals surface area contributed by atoms with E-state index in [1.807, 2.05) is 11.8 Å². The fourth-order valence-electron chi connectivity index (χ4n) is 1.06. The molecule has 0 amide bonds. The van der Waals surface area contributed by atoms with Gasteiger partial charge in [-0.1, -0.05) is 11.6 Å². The zero-order chi connectivity index (χ0) is 10.6. The van der Waals surface area contributed by atoms with Crippen LogP contribution in [0.3, 0.4) is 0 Å². The van der Waals surface area contributed by atoms with Crippen LogP contribution < -0.4 is 11.1 Å². The molecule has 0 saturated heterocycles. The van der Waals surface area contributed by atoms with Gasteiger partial charge >= 0.3 is 0 Å². The molecule has 0 aliphatic rings. The molecule has 0 rings (SSSR count). The molecule has 0 bridgehead atoms. The second-order valence-corrected chi connectivity index (χ2v) is 4.13. The highest BCUT2D eigenvalue weighted by atomic mass is 32.2. The average molecular weight is 219 g/mol. The van der Waals surface area contributed by atoms with Crippen LogP contribution in [0.25, 0.3) is 0 Å². The third-order valence-electron chi connectivity index (χ3n) is 1.89. The molecule has 0 radical (unpaired) electrons.